The number of hydrogen-bond acceptors (Lipinski definition) is 3. The first-order valence-electron chi connectivity index (χ1n) is 5.37. The molecule has 0 aromatic heterocycles. The summed E-state index contributed by atoms with van der Waals surface area (Å²) in [6, 6.07) is 0. The van der Waals surface area contributed by atoms with Crippen molar-refractivity contribution in [2.75, 3.05) is 26.3 Å². The summed E-state index contributed by atoms with van der Waals surface area (Å²) in [7, 11) is 0. The summed E-state index contributed by atoms with van der Waals surface area (Å²) >= 11 is 2.09. The van der Waals surface area contributed by atoms with Gasteiger partial charge in [-0.25, -0.2) is 0 Å². The highest BCUT2D eigenvalue weighted by Crippen LogP contribution is 2.25. The molecule has 1 aliphatic heterocycles. The Kier molecular flexibility index (Phi) is 6.32. The maximum atomic E-state index is 5.34. The SMILES string of the molecule is C=CCNCC(C)SC1CCOCC1. The average Bonchev–Trinajstić information content (AvgIpc) is 2.20. The Morgan fingerprint density at radius 1 is 1.57 bits per heavy atom. The third-order valence-corrected chi connectivity index (χ3v) is 3.80. The molecule has 3 heteroatoms. The van der Waals surface area contributed by atoms with Gasteiger partial charge < -0.3 is 10.1 Å². The fourth-order valence-electron chi connectivity index (χ4n) is 1.58. The highest BCUT2D eigenvalue weighted by atomic mass is 32.2. The van der Waals surface area contributed by atoms with E-state index >= 15 is 0 Å². The summed E-state index contributed by atoms with van der Waals surface area (Å²) in [4.78, 5) is 0. The van der Waals surface area contributed by atoms with Crippen molar-refractivity contribution < 1.29 is 4.74 Å². The predicted molar refractivity (Wildman–Crippen MR) is 64.0 cm³/mol. The summed E-state index contributed by atoms with van der Waals surface area (Å²) in [5, 5.41) is 4.86. The van der Waals surface area contributed by atoms with Gasteiger partial charge in [0, 0.05) is 36.8 Å². The molecule has 82 valence electrons. The number of thioether (sulfide) groups is 1. The molecule has 0 bridgehead atoms. The zero-order valence-electron chi connectivity index (χ0n) is 9.00. The molecule has 0 aliphatic carbocycles. The molecule has 1 atom stereocenters. The van der Waals surface area contributed by atoms with E-state index < -0.39 is 0 Å². The van der Waals surface area contributed by atoms with E-state index in [1.165, 1.54) is 12.8 Å². The molecular formula is C11H21NOS. The molecule has 0 amide bonds. The third kappa shape index (κ3) is 5.03. The van der Waals surface area contributed by atoms with E-state index in [0.717, 1.165) is 31.6 Å². The maximum absolute atomic E-state index is 5.34. The van der Waals surface area contributed by atoms with Crippen LogP contribution in [-0.2, 0) is 4.74 Å². The zero-order chi connectivity index (χ0) is 10.2. The first-order chi connectivity index (χ1) is 6.83. The van der Waals surface area contributed by atoms with E-state index in [1.807, 2.05) is 6.08 Å². The lowest BCUT2D eigenvalue weighted by atomic mass is 10.2. The van der Waals surface area contributed by atoms with Gasteiger partial charge in [0.2, 0.25) is 0 Å². The van der Waals surface area contributed by atoms with E-state index in [0.29, 0.717) is 5.25 Å². The molecule has 1 fully saturated rings. The minimum absolute atomic E-state index is 0.693. The Morgan fingerprint density at radius 2 is 2.29 bits per heavy atom. The highest BCUT2D eigenvalue weighted by molar-refractivity contribution is 8.00. The average molecular weight is 215 g/mol. The summed E-state index contributed by atoms with van der Waals surface area (Å²) < 4.78 is 5.34. The molecule has 1 saturated heterocycles. The van der Waals surface area contributed by atoms with Crippen molar-refractivity contribution in [2.24, 2.45) is 0 Å². The van der Waals surface area contributed by atoms with E-state index in [9.17, 15) is 0 Å². The second-order valence-electron chi connectivity index (χ2n) is 3.71. The van der Waals surface area contributed by atoms with Crippen molar-refractivity contribution in [1.82, 2.24) is 5.32 Å². The molecule has 0 aromatic carbocycles. The molecule has 1 rings (SSSR count). The van der Waals surface area contributed by atoms with Crippen LogP contribution in [0.3, 0.4) is 0 Å². The lowest BCUT2D eigenvalue weighted by Gasteiger charge is -2.24. The molecule has 1 N–H and O–H groups in total. The van der Waals surface area contributed by atoms with Crippen LogP contribution in [0.25, 0.3) is 0 Å². The summed E-state index contributed by atoms with van der Waals surface area (Å²) in [6.45, 7) is 9.87. The van der Waals surface area contributed by atoms with Crippen LogP contribution in [0.15, 0.2) is 12.7 Å². The topological polar surface area (TPSA) is 21.3 Å². The molecule has 0 radical (unpaired) electrons. The van der Waals surface area contributed by atoms with Crippen molar-refractivity contribution in [1.29, 1.82) is 0 Å². The quantitative estimate of drug-likeness (QED) is 0.541. The predicted octanol–water partition coefficient (Wildman–Crippen LogP) is 2.06. The molecule has 1 heterocycles. The second-order valence-corrected chi connectivity index (χ2v) is 5.45. The van der Waals surface area contributed by atoms with Crippen molar-refractivity contribution in [3.8, 4) is 0 Å². The number of ether oxygens (including phenoxy) is 1. The Morgan fingerprint density at radius 3 is 2.93 bits per heavy atom. The Balaban J connectivity index is 2.05. The number of hydrogen-bond donors (Lipinski definition) is 1. The third-order valence-electron chi connectivity index (χ3n) is 2.31. The highest BCUT2D eigenvalue weighted by Gasteiger charge is 2.16. The molecule has 1 unspecified atom stereocenters. The van der Waals surface area contributed by atoms with E-state index in [-0.39, 0.29) is 0 Å². The van der Waals surface area contributed by atoms with E-state index in [2.05, 4.69) is 30.6 Å². The van der Waals surface area contributed by atoms with Gasteiger partial charge in [0.1, 0.15) is 0 Å². The Hall–Kier alpha value is 0.01000. The van der Waals surface area contributed by atoms with E-state index in [4.69, 9.17) is 4.74 Å². The minimum atomic E-state index is 0.693. The van der Waals surface area contributed by atoms with Crippen molar-refractivity contribution in [3.05, 3.63) is 12.7 Å². The molecular weight excluding hydrogens is 194 g/mol. The van der Waals surface area contributed by atoms with Crippen LogP contribution in [0.5, 0.6) is 0 Å². The van der Waals surface area contributed by atoms with Crippen LogP contribution in [0, 0.1) is 0 Å². The standard InChI is InChI=1S/C11H21NOS/c1-3-6-12-9-10(2)14-11-4-7-13-8-5-11/h3,10-12H,1,4-9H2,2H3. The van der Waals surface area contributed by atoms with Gasteiger partial charge in [0.25, 0.3) is 0 Å². The molecule has 0 aromatic rings. The lowest BCUT2D eigenvalue weighted by molar-refractivity contribution is 0.0999. The summed E-state index contributed by atoms with van der Waals surface area (Å²) in [5.74, 6) is 0. The molecule has 0 saturated carbocycles. The van der Waals surface area contributed by atoms with Crippen molar-refractivity contribution >= 4 is 11.8 Å². The second kappa shape index (κ2) is 7.32. The van der Waals surface area contributed by atoms with Crippen LogP contribution in [-0.4, -0.2) is 36.8 Å². The van der Waals surface area contributed by atoms with Crippen molar-refractivity contribution in [2.45, 2.75) is 30.3 Å². The summed E-state index contributed by atoms with van der Waals surface area (Å²) in [5.41, 5.74) is 0. The Labute approximate surface area is 91.5 Å². The monoisotopic (exact) mass is 215 g/mol. The molecule has 0 spiro atoms. The minimum Gasteiger partial charge on any atom is -0.381 e. The van der Waals surface area contributed by atoms with Gasteiger partial charge in [-0.3, -0.25) is 0 Å². The van der Waals surface area contributed by atoms with Crippen LogP contribution >= 0.6 is 11.8 Å². The van der Waals surface area contributed by atoms with Gasteiger partial charge in [-0.15, -0.1) is 6.58 Å². The largest absolute Gasteiger partial charge is 0.381 e. The van der Waals surface area contributed by atoms with Gasteiger partial charge in [0.15, 0.2) is 0 Å². The van der Waals surface area contributed by atoms with Gasteiger partial charge in [-0.2, -0.15) is 11.8 Å². The molecule has 1 aliphatic rings. The van der Waals surface area contributed by atoms with Crippen LogP contribution in [0.4, 0.5) is 0 Å². The van der Waals surface area contributed by atoms with Gasteiger partial charge in [-0.05, 0) is 12.8 Å². The van der Waals surface area contributed by atoms with Crippen LogP contribution in [0.1, 0.15) is 19.8 Å². The molecule has 14 heavy (non-hydrogen) atoms. The number of nitrogens with one attached hydrogen (secondary N) is 1. The maximum Gasteiger partial charge on any atom is 0.0476 e. The first kappa shape index (κ1) is 12.1. The zero-order valence-corrected chi connectivity index (χ0v) is 9.81. The molecule has 2 nitrogen and oxygen atoms in total. The van der Waals surface area contributed by atoms with Crippen LogP contribution < -0.4 is 5.32 Å². The Bertz CT molecular complexity index is 157. The summed E-state index contributed by atoms with van der Waals surface area (Å²) in [6.07, 6.45) is 4.35. The normalized spacial score (nSPS) is 20.6. The van der Waals surface area contributed by atoms with Gasteiger partial charge >= 0.3 is 0 Å². The smallest absolute Gasteiger partial charge is 0.0476 e. The van der Waals surface area contributed by atoms with E-state index in [1.54, 1.807) is 0 Å². The van der Waals surface area contributed by atoms with Crippen molar-refractivity contribution in [3.63, 3.8) is 0 Å². The van der Waals surface area contributed by atoms with Gasteiger partial charge in [0.05, 0.1) is 0 Å². The number of rotatable bonds is 6. The fraction of sp³-hybridized carbons (Fsp3) is 0.818. The van der Waals surface area contributed by atoms with Crippen LogP contribution in [0.2, 0.25) is 0 Å². The first-order valence-corrected chi connectivity index (χ1v) is 6.32. The fourth-order valence-corrected chi connectivity index (χ4v) is 2.91. The van der Waals surface area contributed by atoms with Gasteiger partial charge in [-0.1, -0.05) is 13.0 Å². The lowest BCUT2D eigenvalue weighted by Crippen LogP contribution is -2.26.